The Balaban J connectivity index is 2.18. The van der Waals surface area contributed by atoms with Crippen LogP contribution in [0, 0.1) is 0 Å². The van der Waals surface area contributed by atoms with Crippen molar-refractivity contribution in [2.75, 3.05) is 11.0 Å². The molecule has 0 aromatic heterocycles. The van der Waals surface area contributed by atoms with Crippen LogP contribution < -0.4 is 0 Å². The largest absolute Gasteiger partial charge is 0.377 e. The van der Waals surface area contributed by atoms with Crippen LogP contribution >= 0.6 is 22.6 Å². The summed E-state index contributed by atoms with van der Waals surface area (Å²) in [4.78, 5) is 0. The van der Waals surface area contributed by atoms with Crippen molar-refractivity contribution < 1.29 is 4.74 Å². The van der Waals surface area contributed by atoms with Crippen molar-refractivity contribution in [3.63, 3.8) is 0 Å². The molecular formula is C7H13IO. The smallest absolute Gasteiger partial charge is 0.0664 e. The predicted molar refractivity (Wildman–Crippen MR) is 47.1 cm³/mol. The normalized spacial score (nSPS) is 29.7. The second kappa shape index (κ2) is 4.50. The molecule has 1 atom stereocenters. The van der Waals surface area contributed by atoms with Crippen LogP contribution in [0.2, 0.25) is 0 Å². The number of hydrogen-bond donors (Lipinski definition) is 0. The Morgan fingerprint density at radius 3 is 3.00 bits per heavy atom. The fourth-order valence-corrected chi connectivity index (χ4v) is 1.80. The van der Waals surface area contributed by atoms with Crippen molar-refractivity contribution in [2.24, 2.45) is 0 Å². The van der Waals surface area contributed by atoms with Gasteiger partial charge in [-0.1, -0.05) is 35.4 Å². The van der Waals surface area contributed by atoms with Crippen molar-refractivity contribution >= 4 is 22.6 Å². The summed E-state index contributed by atoms with van der Waals surface area (Å²) in [5, 5.41) is 0. The summed E-state index contributed by atoms with van der Waals surface area (Å²) in [6, 6.07) is 0. The highest BCUT2D eigenvalue weighted by Crippen LogP contribution is 2.14. The molecule has 1 fully saturated rings. The first-order valence-corrected chi connectivity index (χ1v) is 5.13. The topological polar surface area (TPSA) is 9.23 Å². The molecule has 1 nitrogen and oxygen atoms in total. The van der Waals surface area contributed by atoms with Crippen LogP contribution in [0.1, 0.15) is 25.7 Å². The quantitative estimate of drug-likeness (QED) is 0.505. The first kappa shape index (κ1) is 7.79. The van der Waals surface area contributed by atoms with Gasteiger partial charge in [-0.25, -0.2) is 0 Å². The zero-order chi connectivity index (χ0) is 6.53. The zero-order valence-corrected chi connectivity index (χ0v) is 7.76. The number of rotatable bonds is 1. The van der Waals surface area contributed by atoms with Crippen LogP contribution in [0.5, 0.6) is 0 Å². The Kier molecular flexibility index (Phi) is 3.89. The van der Waals surface area contributed by atoms with Gasteiger partial charge in [0.05, 0.1) is 6.10 Å². The van der Waals surface area contributed by atoms with Gasteiger partial charge in [-0.05, 0) is 12.8 Å². The van der Waals surface area contributed by atoms with Gasteiger partial charge in [0, 0.05) is 11.0 Å². The van der Waals surface area contributed by atoms with E-state index in [0.717, 1.165) is 11.0 Å². The molecule has 1 aliphatic heterocycles. The highest BCUT2D eigenvalue weighted by molar-refractivity contribution is 14.1. The minimum absolute atomic E-state index is 0.563. The lowest BCUT2D eigenvalue weighted by atomic mass is 10.2. The maximum absolute atomic E-state index is 5.54. The van der Waals surface area contributed by atoms with Crippen LogP contribution in [0.25, 0.3) is 0 Å². The van der Waals surface area contributed by atoms with Gasteiger partial charge in [-0.2, -0.15) is 0 Å². The van der Waals surface area contributed by atoms with Gasteiger partial charge in [0.2, 0.25) is 0 Å². The Morgan fingerprint density at radius 2 is 2.22 bits per heavy atom. The van der Waals surface area contributed by atoms with Gasteiger partial charge in [-0.3, -0.25) is 0 Å². The number of halogens is 1. The van der Waals surface area contributed by atoms with Gasteiger partial charge in [0.15, 0.2) is 0 Å². The lowest BCUT2D eigenvalue weighted by molar-refractivity contribution is 0.0774. The van der Waals surface area contributed by atoms with Crippen LogP contribution in [0.4, 0.5) is 0 Å². The molecule has 1 saturated heterocycles. The van der Waals surface area contributed by atoms with Crippen molar-refractivity contribution in [1.82, 2.24) is 0 Å². The molecule has 54 valence electrons. The molecule has 1 rings (SSSR count). The van der Waals surface area contributed by atoms with E-state index < -0.39 is 0 Å². The number of hydrogen-bond acceptors (Lipinski definition) is 1. The Bertz CT molecular complexity index is 67.3. The van der Waals surface area contributed by atoms with E-state index in [2.05, 4.69) is 22.6 Å². The van der Waals surface area contributed by atoms with E-state index >= 15 is 0 Å². The molecular weight excluding hydrogens is 227 g/mol. The highest BCUT2D eigenvalue weighted by atomic mass is 127. The second-order valence-corrected chi connectivity index (χ2v) is 3.38. The van der Waals surface area contributed by atoms with Gasteiger partial charge < -0.3 is 4.74 Å². The molecule has 0 aliphatic carbocycles. The third-order valence-corrected chi connectivity index (χ3v) is 2.68. The van der Waals surface area contributed by atoms with Gasteiger partial charge in [0.1, 0.15) is 0 Å². The summed E-state index contributed by atoms with van der Waals surface area (Å²) in [6.07, 6.45) is 5.85. The monoisotopic (exact) mass is 240 g/mol. The average molecular weight is 240 g/mol. The molecule has 0 aromatic rings. The van der Waals surface area contributed by atoms with Crippen molar-refractivity contribution in [2.45, 2.75) is 31.8 Å². The fraction of sp³-hybridized carbons (Fsp3) is 1.00. The molecule has 0 aromatic carbocycles. The van der Waals surface area contributed by atoms with E-state index in [1.807, 2.05) is 0 Å². The molecule has 1 heterocycles. The minimum Gasteiger partial charge on any atom is -0.377 e. The van der Waals surface area contributed by atoms with Crippen LogP contribution in [0.15, 0.2) is 0 Å². The Hall–Kier alpha value is 0.690. The number of ether oxygens (including phenoxy) is 1. The molecule has 0 unspecified atom stereocenters. The first-order valence-electron chi connectivity index (χ1n) is 3.61. The summed E-state index contributed by atoms with van der Waals surface area (Å²) >= 11 is 2.40. The molecule has 0 N–H and O–H groups in total. The molecule has 9 heavy (non-hydrogen) atoms. The third-order valence-electron chi connectivity index (χ3n) is 1.70. The summed E-state index contributed by atoms with van der Waals surface area (Å²) in [7, 11) is 0. The molecule has 1 aliphatic rings. The summed E-state index contributed by atoms with van der Waals surface area (Å²) in [5.41, 5.74) is 0. The summed E-state index contributed by atoms with van der Waals surface area (Å²) in [6.45, 7) is 0.994. The lowest BCUT2D eigenvalue weighted by Gasteiger charge is -2.09. The average Bonchev–Trinajstić information content (AvgIpc) is 2.13. The molecule has 0 spiro atoms. The minimum atomic E-state index is 0.563. The zero-order valence-electron chi connectivity index (χ0n) is 5.61. The van der Waals surface area contributed by atoms with Crippen molar-refractivity contribution in [3.05, 3.63) is 0 Å². The molecule has 2 heteroatoms. The van der Waals surface area contributed by atoms with E-state index in [1.165, 1.54) is 25.7 Å². The summed E-state index contributed by atoms with van der Waals surface area (Å²) in [5.74, 6) is 0. The first-order chi connectivity index (χ1) is 4.43. The maximum atomic E-state index is 5.54. The molecule has 0 saturated carbocycles. The predicted octanol–water partition coefficient (Wildman–Crippen LogP) is 2.38. The SMILES string of the molecule is IC[C@@H]1CCCCCO1. The van der Waals surface area contributed by atoms with Crippen molar-refractivity contribution in [3.8, 4) is 0 Å². The van der Waals surface area contributed by atoms with E-state index in [-0.39, 0.29) is 0 Å². The Morgan fingerprint density at radius 1 is 1.33 bits per heavy atom. The fourth-order valence-electron chi connectivity index (χ4n) is 1.11. The number of alkyl halides is 1. The summed E-state index contributed by atoms with van der Waals surface area (Å²) < 4.78 is 6.71. The molecule has 0 amide bonds. The molecule has 0 bridgehead atoms. The van der Waals surface area contributed by atoms with Crippen LogP contribution in [-0.2, 0) is 4.74 Å². The van der Waals surface area contributed by atoms with Crippen LogP contribution in [0.3, 0.4) is 0 Å². The standard InChI is InChI=1S/C7H13IO/c8-6-7-4-2-1-3-5-9-7/h7H,1-6H2/t7-/m0/s1. The van der Waals surface area contributed by atoms with E-state index in [9.17, 15) is 0 Å². The van der Waals surface area contributed by atoms with E-state index in [1.54, 1.807) is 0 Å². The van der Waals surface area contributed by atoms with Crippen molar-refractivity contribution in [1.29, 1.82) is 0 Å². The van der Waals surface area contributed by atoms with Gasteiger partial charge in [0.25, 0.3) is 0 Å². The maximum Gasteiger partial charge on any atom is 0.0664 e. The molecule has 0 radical (unpaired) electrons. The van der Waals surface area contributed by atoms with Crippen LogP contribution in [-0.4, -0.2) is 17.1 Å². The van der Waals surface area contributed by atoms with E-state index in [4.69, 9.17) is 4.74 Å². The lowest BCUT2D eigenvalue weighted by Crippen LogP contribution is -2.12. The third kappa shape index (κ3) is 2.85. The van der Waals surface area contributed by atoms with Gasteiger partial charge in [-0.15, -0.1) is 0 Å². The Labute approximate surface area is 70.3 Å². The second-order valence-electron chi connectivity index (χ2n) is 2.50. The van der Waals surface area contributed by atoms with E-state index in [0.29, 0.717) is 6.10 Å². The van der Waals surface area contributed by atoms with Gasteiger partial charge >= 0.3 is 0 Å². The highest BCUT2D eigenvalue weighted by Gasteiger charge is 2.09.